The topological polar surface area (TPSA) is 41.1 Å². The Morgan fingerprint density at radius 1 is 1.50 bits per heavy atom. The predicted octanol–water partition coefficient (Wildman–Crippen LogP) is 1.49. The van der Waals surface area contributed by atoms with Gasteiger partial charge < -0.3 is 10.6 Å². The molecular weight excluding hydrogens is 183 g/mol. The highest BCUT2D eigenvalue weighted by Gasteiger charge is 2.22. The van der Waals surface area contributed by atoms with Gasteiger partial charge in [-0.3, -0.25) is 0 Å². The molecule has 1 aromatic carbocycles. The van der Waals surface area contributed by atoms with Gasteiger partial charge in [0.1, 0.15) is 5.82 Å². The zero-order valence-electron chi connectivity index (χ0n) is 7.80. The van der Waals surface area contributed by atoms with Crippen LogP contribution in [0.15, 0.2) is 18.2 Å². The minimum atomic E-state index is -0.272. The fraction of sp³-hybridized carbons (Fsp3) is 0.300. The van der Waals surface area contributed by atoms with Crippen molar-refractivity contribution in [3.05, 3.63) is 35.1 Å². The molecule has 1 saturated heterocycles. The largest absolute Gasteiger partial charge is 0.336 e. The summed E-state index contributed by atoms with van der Waals surface area (Å²) in [5.74, 6) is -0.272. The highest BCUT2D eigenvalue weighted by Crippen LogP contribution is 2.20. The van der Waals surface area contributed by atoms with Gasteiger partial charge >= 0.3 is 6.03 Å². The monoisotopic (exact) mass is 194 g/mol. The number of carbonyl (C=O) groups is 1. The lowest BCUT2D eigenvalue weighted by Crippen LogP contribution is -2.22. The number of hydrogen-bond donors (Lipinski definition) is 2. The first kappa shape index (κ1) is 8.99. The lowest BCUT2D eigenvalue weighted by molar-refractivity contribution is 0.247. The highest BCUT2D eigenvalue weighted by molar-refractivity contribution is 5.77. The van der Waals surface area contributed by atoms with E-state index in [4.69, 9.17) is 0 Å². The summed E-state index contributed by atoms with van der Waals surface area (Å²) < 4.78 is 13.0. The van der Waals surface area contributed by atoms with Crippen molar-refractivity contribution in [2.45, 2.75) is 13.0 Å². The van der Waals surface area contributed by atoms with Crippen molar-refractivity contribution in [3.8, 4) is 0 Å². The summed E-state index contributed by atoms with van der Waals surface area (Å²) in [5.41, 5.74) is 1.82. The molecular formula is C10H11FN2O. The third kappa shape index (κ3) is 1.55. The molecule has 2 N–H and O–H groups in total. The number of nitrogens with one attached hydrogen (secondary N) is 2. The molecule has 0 unspecified atom stereocenters. The van der Waals surface area contributed by atoms with Crippen LogP contribution in [0.3, 0.4) is 0 Å². The third-order valence-corrected chi connectivity index (χ3v) is 2.39. The van der Waals surface area contributed by atoms with Gasteiger partial charge in [0, 0.05) is 6.54 Å². The minimum absolute atomic E-state index is 0.113. The first-order valence-electron chi connectivity index (χ1n) is 4.47. The first-order chi connectivity index (χ1) is 6.66. The lowest BCUT2D eigenvalue weighted by Gasteiger charge is -2.11. The average Bonchev–Trinajstić information content (AvgIpc) is 2.56. The van der Waals surface area contributed by atoms with E-state index in [1.54, 1.807) is 6.07 Å². The van der Waals surface area contributed by atoms with Crippen molar-refractivity contribution in [1.82, 2.24) is 10.6 Å². The lowest BCUT2D eigenvalue weighted by atomic mass is 10.0. The second-order valence-electron chi connectivity index (χ2n) is 3.41. The van der Waals surface area contributed by atoms with E-state index in [0.29, 0.717) is 6.54 Å². The molecule has 1 heterocycles. The van der Waals surface area contributed by atoms with Crippen molar-refractivity contribution in [3.63, 3.8) is 0 Å². The van der Waals surface area contributed by atoms with E-state index in [1.165, 1.54) is 12.1 Å². The normalized spacial score (nSPS) is 20.4. The Hall–Kier alpha value is -1.58. The maximum absolute atomic E-state index is 13.0. The Kier molecular flexibility index (Phi) is 2.11. The summed E-state index contributed by atoms with van der Waals surface area (Å²) in [7, 11) is 0. The zero-order chi connectivity index (χ0) is 10.1. The highest BCUT2D eigenvalue weighted by atomic mass is 19.1. The summed E-state index contributed by atoms with van der Waals surface area (Å²) in [6.07, 6.45) is 0. The van der Waals surface area contributed by atoms with Gasteiger partial charge in [-0.1, -0.05) is 6.07 Å². The molecule has 0 bridgehead atoms. The fourth-order valence-corrected chi connectivity index (χ4v) is 1.63. The molecule has 4 heteroatoms. The number of hydrogen-bond acceptors (Lipinski definition) is 1. The Bertz CT molecular complexity index is 378. The summed E-state index contributed by atoms with van der Waals surface area (Å²) in [4.78, 5) is 10.9. The molecule has 74 valence electrons. The molecule has 0 spiro atoms. The van der Waals surface area contributed by atoms with E-state index in [-0.39, 0.29) is 17.9 Å². The quantitative estimate of drug-likeness (QED) is 0.698. The van der Waals surface area contributed by atoms with Gasteiger partial charge in [0.2, 0.25) is 0 Å². The van der Waals surface area contributed by atoms with Crippen LogP contribution in [-0.4, -0.2) is 12.6 Å². The number of rotatable bonds is 1. The van der Waals surface area contributed by atoms with Gasteiger partial charge in [-0.2, -0.15) is 0 Å². The summed E-state index contributed by atoms with van der Waals surface area (Å²) in [5, 5.41) is 5.36. The Morgan fingerprint density at radius 3 is 2.93 bits per heavy atom. The summed E-state index contributed by atoms with van der Waals surface area (Å²) in [6, 6.07) is 4.29. The van der Waals surface area contributed by atoms with E-state index < -0.39 is 0 Å². The number of halogens is 1. The average molecular weight is 194 g/mol. The van der Waals surface area contributed by atoms with Crippen molar-refractivity contribution in [2.75, 3.05) is 6.54 Å². The molecule has 14 heavy (non-hydrogen) atoms. The Labute approximate surface area is 81.3 Å². The molecule has 0 aliphatic carbocycles. The van der Waals surface area contributed by atoms with Crippen LogP contribution < -0.4 is 10.6 Å². The van der Waals surface area contributed by atoms with Crippen molar-refractivity contribution in [1.29, 1.82) is 0 Å². The number of carbonyl (C=O) groups excluding carboxylic acids is 1. The van der Waals surface area contributed by atoms with Crippen LogP contribution in [0.2, 0.25) is 0 Å². The maximum Gasteiger partial charge on any atom is 0.315 e. The molecule has 1 aromatic rings. The molecule has 2 rings (SSSR count). The van der Waals surface area contributed by atoms with Crippen LogP contribution in [0, 0.1) is 12.7 Å². The van der Waals surface area contributed by atoms with Crippen molar-refractivity contribution < 1.29 is 9.18 Å². The molecule has 1 atom stereocenters. The number of urea groups is 1. The Balaban J connectivity index is 2.31. The molecule has 1 aliphatic rings. The third-order valence-electron chi connectivity index (χ3n) is 2.39. The van der Waals surface area contributed by atoms with Gasteiger partial charge in [-0.15, -0.1) is 0 Å². The van der Waals surface area contributed by atoms with E-state index in [1.807, 2.05) is 6.92 Å². The fourth-order valence-electron chi connectivity index (χ4n) is 1.63. The standard InChI is InChI=1S/C10H11FN2O/c1-6-2-3-7(11)4-8(6)9-5-12-10(14)13-9/h2-4,9H,5H2,1H3,(H2,12,13,14)/t9-/m1/s1. The maximum atomic E-state index is 13.0. The number of amides is 2. The molecule has 3 nitrogen and oxygen atoms in total. The van der Waals surface area contributed by atoms with Crippen molar-refractivity contribution >= 4 is 6.03 Å². The van der Waals surface area contributed by atoms with E-state index >= 15 is 0 Å². The smallest absolute Gasteiger partial charge is 0.315 e. The van der Waals surface area contributed by atoms with Crippen LogP contribution in [0.1, 0.15) is 17.2 Å². The summed E-state index contributed by atoms with van der Waals surface area (Å²) >= 11 is 0. The molecule has 2 amide bonds. The van der Waals surface area contributed by atoms with E-state index in [2.05, 4.69) is 10.6 Å². The zero-order valence-corrected chi connectivity index (χ0v) is 7.80. The first-order valence-corrected chi connectivity index (χ1v) is 4.47. The second kappa shape index (κ2) is 3.29. The van der Waals surface area contributed by atoms with Gasteiger partial charge in [0.15, 0.2) is 0 Å². The molecule has 0 aromatic heterocycles. The second-order valence-corrected chi connectivity index (χ2v) is 3.41. The SMILES string of the molecule is Cc1ccc(F)cc1[C@H]1CNC(=O)N1. The molecule has 1 fully saturated rings. The minimum Gasteiger partial charge on any atom is -0.336 e. The van der Waals surface area contributed by atoms with Gasteiger partial charge in [0.25, 0.3) is 0 Å². The molecule has 1 aliphatic heterocycles. The van der Waals surface area contributed by atoms with Crippen molar-refractivity contribution in [2.24, 2.45) is 0 Å². The summed E-state index contributed by atoms with van der Waals surface area (Å²) in [6.45, 7) is 2.42. The van der Waals surface area contributed by atoms with Crippen LogP contribution in [0.5, 0.6) is 0 Å². The predicted molar refractivity (Wildman–Crippen MR) is 50.4 cm³/mol. The van der Waals surface area contributed by atoms with Gasteiger partial charge in [-0.25, -0.2) is 9.18 Å². The van der Waals surface area contributed by atoms with Gasteiger partial charge in [0.05, 0.1) is 6.04 Å². The number of benzene rings is 1. The van der Waals surface area contributed by atoms with Crippen LogP contribution >= 0.6 is 0 Å². The molecule has 0 saturated carbocycles. The van der Waals surface area contributed by atoms with Crippen LogP contribution in [-0.2, 0) is 0 Å². The van der Waals surface area contributed by atoms with Gasteiger partial charge in [-0.05, 0) is 30.2 Å². The van der Waals surface area contributed by atoms with Crippen LogP contribution in [0.25, 0.3) is 0 Å². The Morgan fingerprint density at radius 2 is 2.29 bits per heavy atom. The van der Waals surface area contributed by atoms with E-state index in [0.717, 1.165) is 11.1 Å². The van der Waals surface area contributed by atoms with E-state index in [9.17, 15) is 9.18 Å². The number of aryl methyl sites for hydroxylation is 1. The molecule has 0 radical (unpaired) electrons. The van der Waals surface area contributed by atoms with Crippen LogP contribution in [0.4, 0.5) is 9.18 Å².